The predicted molar refractivity (Wildman–Crippen MR) is 99.4 cm³/mol. The van der Waals surface area contributed by atoms with Crippen molar-refractivity contribution in [1.82, 2.24) is 10.0 Å². The van der Waals surface area contributed by atoms with Crippen molar-refractivity contribution in [3.63, 3.8) is 0 Å². The summed E-state index contributed by atoms with van der Waals surface area (Å²) in [5.41, 5.74) is 2.30. The quantitative estimate of drug-likeness (QED) is 0.649. The van der Waals surface area contributed by atoms with Crippen LogP contribution in [0, 0.1) is 5.92 Å². The Kier molecular flexibility index (Phi) is 6.14. The summed E-state index contributed by atoms with van der Waals surface area (Å²) < 4.78 is 0. The molecule has 0 bridgehead atoms. The summed E-state index contributed by atoms with van der Waals surface area (Å²) in [7, 11) is 0. The van der Waals surface area contributed by atoms with E-state index >= 15 is 0 Å². The lowest BCUT2D eigenvalue weighted by atomic mass is 9.92. The highest BCUT2D eigenvalue weighted by molar-refractivity contribution is 5.20. The molecule has 2 aromatic rings. The fourth-order valence-electron chi connectivity index (χ4n) is 2.95. The maximum Gasteiger partial charge on any atom is 0.102 e. The predicted octanol–water partition coefficient (Wildman–Crippen LogP) is 5.57. The Hall–Kier alpha value is -1.71. The molecule has 24 heavy (non-hydrogen) atoms. The van der Waals surface area contributed by atoms with Gasteiger partial charge in [-0.3, -0.25) is 9.82 Å². The van der Waals surface area contributed by atoms with Crippen LogP contribution in [0.4, 0.5) is 0 Å². The Labute approximate surface area is 146 Å². The van der Waals surface area contributed by atoms with E-state index in [-0.39, 0.29) is 17.7 Å². The van der Waals surface area contributed by atoms with E-state index < -0.39 is 0 Å². The third-order valence-electron chi connectivity index (χ3n) is 4.13. The van der Waals surface area contributed by atoms with Crippen LogP contribution < -0.4 is 0 Å². The molecule has 0 radical (unpaired) electrons. The number of benzene rings is 1. The number of aromatic nitrogens is 1. The highest BCUT2D eigenvalue weighted by Gasteiger charge is 2.34. The molecular weight excluding hydrogens is 296 g/mol. The average molecular weight is 326 g/mol. The van der Waals surface area contributed by atoms with Crippen LogP contribution in [0.1, 0.15) is 64.8 Å². The SMILES string of the molecule is CC(ON(C(c1ccccc1)C(C)C)C(C)(C)C)c1ccncc1. The molecule has 0 aliphatic heterocycles. The van der Waals surface area contributed by atoms with Gasteiger partial charge in [-0.15, -0.1) is 0 Å². The zero-order valence-corrected chi connectivity index (χ0v) is 15.7. The molecule has 1 aromatic heterocycles. The van der Waals surface area contributed by atoms with E-state index in [4.69, 9.17) is 4.84 Å². The highest BCUT2D eigenvalue weighted by atomic mass is 16.7. The average Bonchev–Trinajstić information content (AvgIpc) is 2.55. The van der Waals surface area contributed by atoms with Crippen LogP contribution in [0.3, 0.4) is 0 Å². The van der Waals surface area contributed by atoms with Crippen LogP contribution in [-0.4, -0.2) is 15.6 Å². The molecule has 1 heterocycles. The lowest BCUT2D eigenvalue weighted by molar-refractivity contribution is -0.272. The van der Waals surface area contributed by atoms with Gasteiger partial charge < -0.3 is 0 Å². The van der Waals surface area contributed by atoms with Crippen molar-refractivity contribution in [2.45, 2.75) is 59.2 Å². The zero-order valence-electron chi connectivity index (χ0n) is 15.7. The molecule has 0 amide bonds. The van der Waals surface area contributed by atoms with Crippen molar-refractivity contribution in [3.8, 4) is 0 Å². The van der Waals surface area contributed by atoms with E-state index in [0.29, 0.717) is 5.92 Å². The second-order valence-electron chi connectivity index (χ2n) is 7.62. The monoisotopic (exact) mass is 326 g/mol. The normalized spacial score (nSPS) is 14.8. The van der Waals surface area contributed by atoms with Gasteiger partial charge in [-0.1, -0.05) is 44.2 Å². The summed E-state index contributed by atoms with van der Waals surface area (Å²) in [6, 6.07) is 14.8. The lowest BCUT2D eigenvalue weighted by Crippen LogP contribution is -2.46. The minimum absolute atomic E-state index is 0.0304. The molecule has 0 saturated heterocycles. The van der Waals surface area contributed by atoms with Gasteiger partial charge in [0, 0.05) is 17.9 Å². The minimum atomic E-state index is -0.119. The van der Waals surface area contributed by atoms with E-state index in [9.17, 15) is 0 Å². The van der Waals surface area contributed by atoms with Gasteiger partial charge in [0.15, 0.2) is 0 Å². The zero-order chi connectivity index (χ0) is 17.7. The first-order valence-corrected chi connectivity index (χ1v) is 8.71. The van der Waals surface area contributed by atoms with Crippen LogP contribution in [0.15, 0.2) is 54.9 Å². The number of hydrogen-bond donors (Lipinski definition) is 0. The maximum atomic E-state index is 6.48. The van der Waals surface area contributed by atoms with Gasteiger partial charge in [-0.2, -0.15) is 5.06 Å². The molecule has 1 aromatic carbocycles. The number of rotatable bonds is 6. The van der Waals surface area contributed by atoms with E-state index in [0.717, 1.165) is 5.56 Å². The highest BCUT2D eigenvalue weighted by Crippen LogP contribution is 2.36. The molecule has 3 nitrogen and oxygen atoms in total. The van der Waals surface area contributed by atoms with Gasteiger partial charge in [0.05, 0.1) is 6.04 Å². The number of pyridine rings is 1. The van der Waals surface area contributed by atoms with Gasteiger partial charge in [0.25, 0.3) is 0 Å². The van der Waals surface area contributed by atoms with E-state index in [2.05, 4.69) is 81.9 Å². The molecule has 0 N–H and O–H groups in total. The number of hydroxylamine groups is 2. The molecule has 2 rings (SSSR count). The topological polar surface area (TPSA) is 25.4 Å². The Balaban J connectivity index is 2.33. The van der Waals surface area contributed by atoms with Crippen molar-refractivity contribution < 1.29 is 4.84 Å². The second-order valence-corrected chi connectivity index (χ2v) is 7.62. The molecule has 0 fully saturated rings. The molecule has 0 saturated carbocycles. The largest absolute Gasteiger partial charge is 0.290 e. The lowest BCUT2D eigenvalue weighted by Gasteiger charge is -2.43. The van der Waals surface area contributed by atoms with Crippen LogP contribution in [-0.2, 0) is 4.84 Å². The molecule has 2 unspecified atom stereocenters. The van der Waals surface area contributed by atoms with Gasteiger partial charge >= 0.3 is 0 Å². The molecule has 2 atom stereocenters. The summed E-state index contributed by atoms with van der Waals surface area (Å²) in [5, 5.41) is 2.16. The van der Waals surface area contributed by atoms with Crippen LogP contribution in [0.2, 0.25) is 0 Å². The van der Waals surface area contributed by atoms with Crippen LogP contribution >= 0.6 is 0 Å². The first kappa shape index (κ1) is 18.6. The Morgan fingerprint density at radius 2 is 1.46 bits per heavy atom. The van der Waals surface area contributed by atoms with Crippen molar-refractivity contribution in [3.05, 3.63) is 66.0 Å². The Bertz CT molecular complexity index is 605. The summed E-state index contributed by atoms with van der Waals surface area (Å²) >= 11 is 0. The second kappa shape index (κ2) is 7.91. The fraction of sp³-hybridized carbons (Fsp3) is 0.476. The Morgan fingerprint density at radius 3 is 1.96 bits per heavy atom. The van der Waals surface area contributed by atoms with Crippen molar-refractivity contribution >= 4 is 0 Å². The van der Waals surface area contributed by atoms with Crippen molar-refractivity contribution in [1.29, 1.82) is 0 Å². The molecule has 3 heteroatoms. The third-order valence-corrected chi connectivity index (χ3v) is 4.13. The van der Waals surface area contributed by atoms with Gasteiger partial charge in [0.1, 0.15) is 6.10 Å². The summed E-state index contributed by atoms with van der Waals surface area (Å²) in [6.45, 7) is 13.2. The van der Waals surface area contributed by atoms with Gasteiger partial charge in [-0.05, 0) is 56.9 Å². The Morgan fingerprint density at radius 1 is 0.875 bits per heavy atom. The third kappa shape index (κ3) is 4.65. The standard InChI is InChI=1S/C21H30N2O/c1-16(2)20(19-10-8-7-9-11-19)23(21(4,5)6)24-17(3)18-12-14-22-15-13-18/h7-17,20H,1-6H3. The first-order valence-electron chi connectivity index (χ1n) is 8.71. The summed E-state index contributed by atoms with van der Waals surface area (Å²) in [4.78, 5) is 10.6. The molecule has 0 aliphatic rings. The van der Waals surface area contributed by atoms with Gasteiger partial charge in [-0.25, -0.2) is 0 Å². The molecule has 0 spiro atoms. The van der Waals surface area contributed by atoms with Crippen molar-refractivity contribution in [2.24, 2.45) is 5.92 Å². The fourth-order valence-corrected chi connectivity index (χ4v) is 2.95. The minimum Gasteiger partial charge on any atom is -0.290 e. The van der Waals surface area contributed by atoms with Crippen molar-refractivity contribution in [2.75, 3.05) is 0 Å². The molecule has 130 valence electrons. The van der Waals surface area contributed by atoms with Gasteiger partial charge in [0.2, 0.25) is 0 Å². The van der Waals surface area contributed by atoms with E-state index in [1.54, 1.807) is 0 Å². The number of nitrogens with zero attached hydrogens (tertiary/aromatic N) is 2. The smallest absolute Gasteiger partial charge is 0.102 e. The van der Waals surface area contributed by atoms with E-state index in [1.807, 2.05) is 24.5 Å². The van der Waals surface area contributed by atoms with E-state index in [1.165, 1.54) is 5.56 Å². The van der Waals surface area contributed by atoms with Crippen LogP contribution in [0.5, 0.6) is 0 Å². The van der Waals surface area contributed by atoms with Crippen LogP contribution in [0.25, 0.3) is 0 Å². The molecular formula is C21H30N2O. The molecule has 0 aliphatic carbocycles. The first-order chi connectivity index (χ1) is 11.3. The maximum absolute atomic E-state index is 6.48. The number of hydrogen-bond acceptors (Lipinski definition) is 3. The summed E-state index contributed by atoms with van der Waals surface area (Å²) in [6.07, 6.45) is 3.60. The summed E-state index contributed by atoms with van der Waals surface area (Å²) in [5.74, 6) is 0.427.